The molecule has 0 radical (unpaired) electrons. The smallest absolute Gasteiger partial charge is 0.339 e. The van der Waals surface area contributed by atoms with Crippen LogP contribution in [0, 0.1) is 0 Å². The SMILES string of the molecule is C=C[C@H](OC(=O)c1ccc(OC)cc1)c1ccccc1. The molecule has 0 aliphatic carbocycles. The summed E-state index contributed by atoms with van der Waals surface area (Å²) < 4.78 is 10.5. The Morgan fingerprint density at radius 3 is 2.30 bits per heavy atom. The Hall–Kier alpha value is -2.55. The number of esters is 1. The van der Waals surface area contributed by atoms with Gasteiger partial charge in [-0.2, -0.15) is 0 Å². The molecule has 0 amide bonds. The van der Waals surface area contributed by atoms with Gasteiger partial charge in [0.25, 0.3) is 0 Å². The number of carbonyl (C=O) groups is 1. The number of hydrogen-bond acceptors (Lipinski definition) is 3. The fraction of sp³-hybridized carbons (Fsp3) is 0.118. The third-order valence-corrected chi connectivity index (χ3v) is 2.90. The lowest BCUT2D eigenvalue weighted by Crippen LogP contribution is -2.09. The Kier molecular flexibility index (Phi) is 4.56. The zero-order valence-electron chi connectivity index (χ0n) is 11.3. The van der Waals surface area contributed by atoms with Gasteiger partial charge in [0, 0.05) is 0 Å². The summed E-state index contributed by atoms with van der Waals surface area (Å²) in [6.45, 7) is 3.71. The molecule has 2 rings (SSSR count). The van der Waals surface area contributed by atoms with Crippen LogP contribution in [0.1, 0.15) is 22.0 Å². The highest BCUT2D eigenvalue weighted by molar-refractivity contribution is 5.89. The molecule has 0 aromatic heterocycles. The number of ether oxygens (including phenoxy) is 2. The average Bonchev–Trinajstić information content (AvgIpc) is 2.53. The fourth-order valence-corrected chi connectivity index (χ4v) is 1.81. The number of carbonyl (C=O) groups excluding carboxylic acids is 1. The van der Waals surface area contributed by atoms with Crippen LogP contribution in [0.4, 0.5) is 0 Å². The minimum Gasteiger partial charge on any atom is -0.497 e. The monoisotopic (exact) mass is 268 g/mol. The van der Waals surface area contributed by atoms with E-state index in [1.807, 2.05) is 30.3 Å². The van der Waals surface area contributed by atoms with Crippen molar-refractivity contribution < 1.29 is 14.3 Å². The van der Waals surface area contributed by atoms with E-state index >= 15 is 0 Å². The summed E-state index contributed by atoms with van der Waals surface area (Å²) in [4.78, 5) is 12.1. The van der Waals surface area contributed by atoms with Gasteiger partial charge >= 0.3 is 5.97 Å². The number of hydrogen-bond donors (Lipinski definition) is 0. The number of benzene rings is 2. The van der Waals surface area contributed by atoms with E-state index in [-0.39, 0.29) is 5.97 Å². The van der Waals surface area contributed by atoms with Gasteiger partial charge in [0.05, 0.1) is 12.7 Å². The van der Waals surface area contributed by atoms with Crippen LogP contribution in [0.25, 0.3) is 0 Å². The third kappa shape index (κ3) is 3.26. The Balaban J connectivity index is 2.11. The second kappa shape index (κ2) is 6.57. The molecule has 2 aromatic carbocycles. The summed E-state index contributed by atoms with van der Waals surface area (Å²) in [6.07, 6.45) is 1.15. The minimum atomic E-state index is -0.453. The van der Waals surface area contributed by atoms with E-state index in [1.54, 1.807) is 37.5 Å². The van der Waals surface area contributed by atoms with Crippen molar-refractivity contribution in [2.75, 3.05) is 7.11 Å². The van der Waals surface area contributed by atoms with Crippen molar-refractivity contribution in [3.8, 4) is 5.75 Å². The molecule has 3 heteroatoms. The standard InChI is InChI=1S/C17H16O3/c1-3-16(13-7-5-4-6-8-13)20-17(18)14-9-11-15(19-2)12-10-14/h3-12,16H,1H2,2H3/t16-/m0/s1. The van der Waals surface area contributed by atoms with Gasteiger partial charge in [-0.25, -0.2) is 4.79 Å². The molecule has 0 aliphatic rings. The molecule has 0 N–H and O–H groups in total. The zero-order chi connectivity index (χ0) is 14.4. The molecule has 0 saturated carbocycles. The summed E-state index contributed by atoms with van der Waals surface area (Å²) in [5.74, 6) is 0.311. The second-order valence-electron chi connectivity index (χ2n) is 4.20. The third-order valence-electron chi connectivity index (χ3n) is 2.90. The molecule has 0 aliphatic heterocycles. The lowest BCUT2D eigenvalue weighted by atomic mass is 10.1. The van der Waals surface area contributed by atoms with Crippen molar-refractivity contribution in [2.24, 2.45) is 0 Å². The zero-order valence-corrected chi connectivity index (χ0v) is 11.3. The highest BCUT2D eigenvalue weighted by atomic mass is 16.5. The van der Waals surface area contributed by atoms with E-state index in [1.165, 1.54) is 0 Å². The van der Waals surface area contributed by atoms with Crippen molar-refractivity contribution in [2.45, 2.75) is 6.10 Å². The van der Waals surface area contributed by atoms with Gasteiger partial charge in [0.1, 0.15) is 11.9 Å². The van der Waals surface area contributed by atoms with Crippen molar-refractivity contribution in [1.29, 1.82) is 0 Å². The van der Waals surface area contributed by atoms with E-state index in [0.29, 0.717) is 11.3 Å². The fourth-order valence-electron chi connectivity index (χ4n) is 1.81. The van der Waals surface area contributed by atoms with E-state index in [4.69, 9.17) is 9.47 Å². The predicted molar refractivity (Wildman–Crippen MR) is 77.8 cm³/mol. The molecule has 102 valence electrons. The number of rotatable bonds is 5. The van der Waals surface area contributed by atoms with Crippen LogP contribution in [0.2, 0.25) is 0 Å². The normalized spacial score (nSPS) is 11.4. The first-order valence-corrected chi connectivity index (χ1v) is 6.27. The van der Waals surface area contributed by atoms with Crippen molar-refractivity contribution in [1.82, 2.24) is 0 Å². The van der Waals surface area contributed by atoms with Crippen molar-refractivity contribution in [3.05, 3.63) is 78.4 Å². The first-order chi connectivity index (χ1) is 9.74. The number of methoxy groups -OCH3 is 1. The van der Waals surface area contributed by atoms with E-state index in [9.17, 15) is 4.79 Å². The summed E-state index contributed by atoms with van der Waals surface area (Å²) in [5, 5.41) is 0. The lowest BCUT2D eigenvalue weighted by Gasteiger charge is -2.14. The maximum Gasteiger partial charge on any atom is 0.339 e. The van der Waals surface area contributed by atoms with Gasteiger partial charge in [-0.05, 0) is 35.9 Å². The van der Waals surface area contributed by atoms with E-state index in [2.05, 4.69) is 6.58 Å². The molecule has 0 heterocycles. The van der Waals surface area contributed by atoms with Gasteiger partial charge in [-0.3, -0.25) is 0 Å². The van der Waals surface area contributed by atoms with Gasteiger partial charge in [0.15, 0.2) is 0 Å². The second-order valence-corrected chi connectivity index (χ2v) is 4.20. The quantitative estimate of drug-likeness (QED) is 0.611. The van der Waals surface area contributed by atoms with E-state index < -0.39 is 6.10 Å². The maximum atomic E-state index is 12.1. The highest BCUT2D eigenvalue weighted by Gasteiger charge is 2.14. The largest absolute Gasteiger partial charge is 0.497 e. The Labute approximate surface area is 118 Å². The van der Waals surface area contributed by atoms with Gasteiger partial charge in [-0.15, -0.1) is 0 Å². The van der Waals surface area contributed by atoms with Crippen LogP contribution in [0.5, 0.6) is 5.75 Å². The van der Waals surface area contributed by atoms with E-state index in [0.717, 1.165) is 5.56 Å². The van der Waals surface area contributed by atoms with Crippen LogP contribution in [-0.4, -0.2) is 13.1 Å². The summed E-state index contributed by atoms with van der Waals surface area (Å²) >= 11 is 0. The molecule has 0 saturated heterocycles. The highest BCUT2D eigenvalue weighted by Crippen LogP contribution is 2.20. The Morgan fingerprint density at radius 1 is 1.10 bits per heavy atom. The van der Waals surface area contributed by atoms with Gasteiger partial charge < -0.3 is 9.47 Å². The molecular formula is C17H16O3. The van der Waals surface area contributed by atoms with Crippen molar-refractivity contribution >= 4 is 5.97 Å². The molecule has 0 fully saturated rings. The average molecular weight is 268 g/mol. The first-order valence-electron chi connectivity index (χ1n) is 6.27. The molecule has 0 spiro atoms. The van der Waals surface area contributed by atoms with Crippen LogP contribution >= 0.6 is 0 Å². The van der Waals surface area contributed by atoms with Gasteiger partial charge in [-0.1, -0.05) is 36.9 Å². The van der Waals surface area contributed by atoms with Crippen LogP contribution in [0.15, 0.2) is 67.3 Å². The van der Waals surface area contributed by atoms with Crippen LogP contribution in [0.3, 0.4) is 0 Å². The predicted octanol–water partition coefficient (Wildman–Crippen LogP) is 3.78. The molecule has 0 unspecified atom stereocenters. The molecule has 1 atom stereocenters. The van der Waals surface area contributed by atoms with Crippen LogP contribution in [-0.2, 0) is 4.74 Å². The molecule has 2 aromatic rings. The Bertz CT molecular complexity index is 573. The molecule has 20 heavy (non-hydrogen) atoms. The van der Waals surface area contributed by atoms with Crippen LogP contribution < -0.4 is 4.74 Å². The topological polar surface area (TPSA) is 35.5 Å². The molecular weight excluding hydrogens is 252 g/mol. The maximum absolute atomic E-state index is 12.1. The van der Waals surface area contributed by atoms with Gasteiger partial charge in [0.2, 0.25) is 0 Å². The van der Waals surface area contributed by atoms with Crippen molar-refractivity contribution in [3.63, 3.8) is 0 Å². The lowest BCUT2D eigenvalue weighted by molar-refractivity contribution is 0.0392. The summed E-state index contributed by atoms with van der Waals surface area (Å²) in [6, 6.07) is 16.3. The first kappa shape index (κ1) is 13.9. The minimum absolute atomic E-state index is 0.388. The molecule has 3 nitrogen and oxygen atoms in total. The summed E-state index contributed by atoms with van der Waals surface area (Å²) in [5.41, 5.74) is 1.37. The molecule has 0 bridgehead atoms. The Morgan fingerprint density at radius 2 is 1.75 bits per heavy atom. The summed E-state index contributed by atoms with van der Waals surface area (Å²) in [7, 11) is 1.58.